The molecule has 0 aliphatic rings. The molecular weight excluding hydrogens is 321 g/mol. The topological polar surface area (TPSA) is 37.8 Å². The molecule has 0 unspecified atom stereocenters. The molecule has 1 heterocycles. The van der Waals surface area contributed by atoms with E-state index in [-0.39, 0.29) is 0 Å². The summed E-state index contributed by atoms with van der Waals surface area (Å²) in [6.45, 7) is 2.70. The molecule has 1 aromatic heterocycles. The first-order valence-electron chi connectivity index (χ1n) is 5.33. The molecule has 0 atom stereocenters. The van der Waals surface area contributed by atoms with Crippen LogP contribution in [0.4, 0.5) is 10.2 Å². The summed E-state index contributed by atoms with van der Waals surface area (Å²) in [4.78, 5) is 8.47. The average molecular weight is 331 g/mol. The second-order valence-corrected chi connectivity index (χ2v) is 4.87. The quantitative estimate of drug-likeness (QED) is 0.919. The smallest absolute Gasteiger partial charge is 0.161 e. The van der Waals surface area contributed by atoms with Crippen LogP contribution in [0.15, 0.2) is 28.9 Å². The number of nitrogens with one attached hydrogen (secondary N) is 1. The fourth-order valence-electron chi connectivity index (χ4n) is 1.48. The van der Waals surface area contributed by atoms with Gasteiger partial charge in [0, 0.05) is 23.3 Å². The molecule has 0 aliphatic carbocycles. The van der Waals surface area contributed by atoms with E-state index >= 15 is 0 Å². The van der Waals surface area contributed by atoms with Crippen molar-refractivity contribution >= 4 is 33.3 Å². The minimum atomic E-state index is -0.408. The van der Waals surface area contributed by atoms with E-state index in [0.29, 0.717) is 22.2 Å². The first-order chi connectivity index (χ1) is 8.60. The van der Waals surface area contributed by atoms with Gasteiger partial charge in [-0.15, -0.1) is 0 Å². The van der Waals surface area contributed by atoms with E-state index in [1.165, 1.54) is 12.1 Å². The number of nitrogens with zero attached hydrogens (tertiary/aromatic N) is 2. The Morgan fingerprint density at radius 3 is 2.83 bits per heavy atom. The van der Waals surface area contributed by atoms with Crippen LogP contribution < -0.4 is 5.32 Å². The van der Waals surface area contributed by atoms with Gasteiger partial charge in [0.1, 0.15) is 11.6 Å². The molecule has 1 aromatic carbocycles. The van der Waals surface area contributed by atoms with Gasteiger partial charge in [-0.25, -0.2) is 14.4 Å². The van der Waals surface area contributed by atoms with E-state index in [9.17, 15) is 4.39 Å². The van der Waals surface area contributed by atoms with Crippen LogP contribution in [0.25, 0.3) is 11.4 Å². The van der Waals surface area contributed by atoms with Crippen molar-refractivity contribution in [2.75, 3.05) is 11.9 Å². The Balaban J connectivity index is 2.47. The zero-order chi connectivity index (χ0) is 13.1. The van der Waals surface area contributed by atoms with Crippen molar-refractivity contribution in [3.05, 3.63) is 39.7 Å². The number of halogens is 3. The fourth-order valence-corrected chi connectivity index (χ4v) is 2.03. The summed E-state index contributed by atoms with van der Waals surface area (Å²) in [6.07, 6.45) is 1.62. The Hall–Kier alpha value is -1.20. The normalized spacial score (nSPS) is 10.4. The molecule has 18 heavy (non-hydrogen) atoms. The molecule has 0 saturated carbocycles. The number of benzene rings is 1. The maximum absolute atomic E-state index is 13.3. The third kappa shape index (κ3) is 2.97. The van der Waals surface area contributed by atoms with Gasteiger partial charge in [-0.1, -0.05) is 11.6 Å². The van der Waals surface area contributed by atoms with Crippen LogP contribution in [0, 0.1) is 5.82 Å². The first-order valence-corrected chi connectivity index (χ1v) is 6.50. The Kier molecular flexibility index (Phi) is 4.14. The lowest BCUT2D eigenvalue weighted by Crippen LogP contribution is -2.02. The highest BCUT2D eigenvalue weighted by Crippen LogP contribution is 2.25. The van der Waals surface area contributed by atoms with E-state index in [1.54, 1.807) is 12.3 Å². The maximum Gasteiger partial charge on any atom is 0.161 e. The van der Waals surface area contributed by atoms with Crippen LogP contribution in [-0.2, 0) is 0 Å². The van der Waals surface area contributed by atoms with E-state index in [1.807, 2.05) is 6.92 Å². The second kappa shape index (κ2) is 5.63. The number of hydrogen-bond acceptors (Lipinski definition) is 3. The molecule has 0 amide bonds. The SMILES string of the molecule is CCNc1nc(-c2cc(F)cc(Cl)c2)ncc1Br. The zero-order valence-corrected chi connectivity index (χ0v) is 11.9. The number of hydrogen-bond donors (Lipinski definition) is 1. The molecule has 0 aliphatic heterocycles. The molecule has 0 saturated heterocycles. The monoisotopic (exact) mass is 329 g/mol. The molecular formula is C12H10BrClFN3. The van der Waals surface area contributed by atoms with Gasteiger partial charge in [-0.05, 0) is 41.1 Å². The highest BCUT2D eigenvalue weighted by molar-refractivity contribution is 9.10. The largest absolute Gasteiger partial charge is 0.369 e. The van der Waals surface area contributed by atoms with Crippen molar-refractivity contribution in [1.82, 2.24) is 9.97 Å². The first kappa shape index (κ1) is 13.2. The van der Waals surface area contributed by atoms with Crippen molar-refractivity contribution in [3.63, 3.8) is 0 Å². The van der Waals surface area contributed by atoms with Crippen molar-refractivity contribution in [3.8, 4) is 11.4 Å². The van der Waals surface area contributed by atoms with Gasteiger partial charge >= 0.3 is 0 Å². The lowest BCUT2D eigenvalue weighted by atomic mass is 10.2. The summed E-state index contributed by atoms with van der Waals surface area (Å²) in [5.74, 6) is 0.687. The Labute approximate surface area is 118 Å². The molecule has 2 aromatic rings. The van der Waals surface area contributed by atoms with Gasteiger partial charge < -0.3 is 5.32 Å². The van der Waals surface area contributed by atoms with Gasteiger partial charge in [0.15, 0.2) is 5.82 Å². The number of rotatable bonds is 3. The lowest BCUT2D eigenvalue weighted by molar-refractivity contribution is 0.628. The minimum absolute atomic E-state index is 0.321. The molecule has 3 nitrogen and oxygen atoms in total. The van der Waals surface area contributed by atoms with E-state index in [4.69, 9.17) is 11.6 Å². The van der Waals surface area contributed by atoms with E-state index in [0.717, 1.165) is 11.0 Å². The van der Waals surface area contributed by atoms with Crippen LogP contribution in [-0.4, -0.2) is 16.5 Å². The fraction of sp³-hybridized carbons (Fsp3) is 0.167. The second-order valence-electron chi connectivity index (χ2n) is 3.58. The van der Waals surface area contributed by atoms with E-state index < -0.39 is 5.82 Å². The molecule has 0 radical (unpaired) electrons. The summed E-state index contributed by atoms with van der Waals surface area (Å²) < 4.78 is 14.0. The highest BCUT2D eigenvalue weighted by Gasteiger charge is 2.08. The minimum Gasteiger partial charge on any atom is -0.369 e. The standard InChI is InChI=1S/C12H10BrClFN3/c1-2-16-12-10(13)6-17-11(18-12)7-3-8(14)5-9(15)4-7/h3-6H,2H2,1H3,(H,16,17,18). The molecule has 0 fully saturated rings. The predicted molar refractivity (Wildman–Crippen MR) is 74.3 cm³/mol. The van der Waals surface area contributed by atoms with Crippen LogP contribution >= 0.6 is 27.5 Å². The van der Waals surface area contributed by atoms with Gasteiger partial charge in [0.05, 0.1) is 4.47 Å². The van der Waals surface area contributed by atoms with Crippen molar-refractivity contribution in [1.29, 1.82) is 0 Å². The van der Waals surface area contributed by atoms with Crippen molar-refractivity contribution in [2.45, 2.75) is 6.92 Å². The number of aromatic nitrogens is 2. The average Bonchev–Trinajstić information content (AvgIpc) is 2.31. The highest BCUT2D eigenvalue weighted by atomic mass is 79.9. The lowest BCUT2D eigenvalue weighted by Gasteiger charge is -2.07. The van der Waals surface area contributed by atoms with Crippen LogP contribution in [0.1, 0.15) is 6.92 Å². The van der Waals surface area contributed by atoms with E-state index in [2.05, 4.69) is 31.2 Å². The Morgan fingerprint density at radius 1 is 1.39 bits per heavy atom. The van der Waals surface area contributed by atoms with Gasteiger partial charge in [-0.2, -0.15) is 0 Å². The Morgan fingerprint density at radius 2 is 2.17 bits per heavy atom. The van der Waals surface area contributed by atoms with Gasteiger partial charge in [0.2, 0.25) is 0 Å². The molecule has 6 heteroatoms. The van der Waals surface area contributed by atoms with Crippen LogP contribution in [0.2, 0.25) is 5.02 Å². The molecule has 94 valence electrons. The van der Waals surface area contributed by atoms with Gasteiger partial charge in [0.25, 0.3) is 0 Å². The number of anilines is 1. The van der Waals surface area contributed by atoms with Gasteiger partial charge in [-0.3, -0.25) is 0 Å². The molecule has 1 N–H and O–H groups in total. The third-order valence-corrected chi connectivity index (χ3v) is 3.01. The summed E-state index contributed by atoms with van der Waals surface area (Å²) in [6, 6.07) is 4.23. The van der Waals surface area contributed by atoms with Crippen molar-refractivity contribution in [2.24, 2.45) is 0 Å². The van der Waals surface area contributed by atoms with Crippen molar-refractivity contribution < 1.29 is 4.39 Å². The summed E-state index contributed by atoms with van der Waals surface area (Å²) in [7, 11) is 0. The Bertz CT molecular complexity index is 557. The zero-order valence-electron chi connectivity index (χ0n) is 9.54. The maximum atomic E-state index is 13.3. The molecule has 2 rings (SSSR count). The summed E-state index contributed by atoms with van der Waals surface area (Å²) in [5, 5.41) is 3.41. The molecule has 0 spiro atoms. The van der Waals surface area contributed by atoms with Crippen LogP contribution in [0.5, 0.6) is 0 Å². The van der Waals surface area contributed by atoms with Crippen LogP contribution in [0.3, 0.4) is 0 Å². The summed E-state index contributed by atoms with van der Waals surface area (Å²) in [5.41, 5.74) is 0.548. The third-order valence-electron chi connectivity index (χ3n) is 2.21. The summed E-state index contributed by atoms with van der Waals surface area (Å²) >= 11 is 9.16. The predicted octanol–water partition coefficient (Wildman–Crippen LogP) is 4.13. The molecule has 0 bridgehead atoms.